The predicted molar refractivity (Wildman–Crippen MR) is 62.5 cm³/mol. The van der Waals surface area contributed by atoms with Crippen LogP contribution in [0.25, 0.3) is 0 Å². The first-order valence-electron chi connectivity index (χ1n) is 4.67. The summed E-state index contributed by atoms with van der Waals surface area (Å²) in [6, 6.07) is 1.71. The maximum atomic E-state index is 12.0. The average molecular weight is 262 g/mol. The molecule has 0 aromatic carbocycles. The lowest BCUT2D eigenvalue weighted by molar-refractivity contribution is -0.145. The second kappa shape index (κ2) is 4.18. The maximum absolute atomic E-state index is 12.0. The first-order valence-corrected chi connectivity index (χ1v) is 7.20. The number of hydrogen-bond acceptors (Lipinski definition) is 4. The van der Waals surface area contributed by atoms with Crippen LogP contribution in [0, 0.1) is 12.3 Å². The fourth-order valence-corrected chi connectivity index (χ4v) is 4.62. The molecule has 0 radical (unpaired) electrons. The van der Waals surface area contributed by atoms with Crippen molar-refractivity contribution in [2.75, 3.05) is 5.75 Å². The van der Waals surface area contributed by atoms with Gasteiger partial charge in [0.1, 0.15) is 4.21 Å². The van der Waals surface area contributed by atoms with Crippen molar-refractivity contribution in [3.8, 4) is 0 Å². The summed E-state index contributed by atoms with van der Waals surface area (Å²) in [5.74, 6) is -1.48. The van der Waals surface area contributed by atoms with E-state index in [1.807, 2.05) is 0 Å². The lowest BCUT2D eigenvalue weighted by Gasteiger charge is -2.18. The zero-order valence-corrected chi connectivity index (χ0v) is 11.0. The molecule has 0 aliphatic carbocycles. The molecule has 1 rings (SSSR count). The smallest absolute Gasteiger partial charge is 0.310 e. The summed E-state index contributed by atoms with van der Waals surface area (Å²) in [5, 5.41) is 10.6. The number of carbonyl (C=O) groups is 1. The minimum atomic E-state index is -3.51. The van der Waals surface area contributed by atoms with Gasteiger partial charge in [-0.25, -0.2) is 8.42 Å². The van der Waals surface area contributed by atoms with Gasteiger partial charge in [0.2, 0.25) is 0 Å². The first-order chi connectivity index (χ1) is 7.17. The van der Waals surface area contributed by atoms with Gasteiger partial charge in [-0.1, -0.05) is 0 Å². The Hall–Kier alpha value is -0.880. The van der Waals surface area contributed by atoms with Crippen molar-refractivity contribution in [2.24, 2.45) is 5.41 Å². The van der Waals surface area contributed by atoms with Crippen molar-refractivity contribution >= 4 is 27.1 Å². The normalized spacial score (nSPS) is 12.7. The molecular weight excluding hydrogens is 248 g/mol. The molecule has 0 atom stereocenters. The topological polar surface area (TPSA) is 71.4 Å². The highest BCUT2D eigenvalue weighted by Crippen LogP contribution is 2.28. The molecule has 1 heterocycles. The lowest BCUT2D eigenvalue weighted by Crippen LogP contribution is -2.32. The molecule has 0 saturated carbocycles. The molecule has 16 heavy (non-hydrogen) atoms. The van der Waals surface area contributed by atoms with E-state index in [-0.39, 0.29) is 9.96 Å². The molecule has 0 aliphatic rings. The SMILES string of the molecule is Cc1ccsc1S(=O)(=O)CC(C)(C)C(=O)O. The van der Waals surface area contributed by atoms with Gasteiger partial charge in [-0.2, -0.15) is 0 Å². The Bertz CT molecular complexity index is 497. The average Bonchev–Trinajstić information content (AvgIpc) is 2.49. The lowest BCUT2D eigenvalue weighted by atomic mass is 9.97. The standard InChI is InChI=1S/C10H14O4S2/c1-7-4-5-15-8(7)16(13,14)6-10(2,3)9(11)12/h4-5H,6H2,1-3H3,(H,11,12). The Balaban J connectivity index is 3.07. The van der Waals surface area contributed by atoms with Gasteiger partial charge in [0.25, 0.3) is 0 Å². The van der Waals surface area contributed by atoms with Crippen LogP contribution in [0.1, 0.15) is 19.4 Å². The number of rotatable bonds is 4. The zero-order valence-electron chi connectivity index (χ0n) is 9.35. The third-order valence-electron chi connectivity index (χ3n) is 2.23. The van der Waals surface area contributed by atoms with Crippen molar-refractivity contribution in [2.45, 2.75) is 25.0 Å². The van der Waals surface area contributed by atoms with E-state index in [9.17, 15) is 13.2 Å². The molecule has 0 unspecified atom stereocenters. The van der Waals surface area contributed by atoms with Gasteiger partial charge in [0.15, 0.2) is 9.84 Å². The molecule has 1 N–H and O–H groups in total. The third kappa shape index (κ3) is 2.62. The van der Waals surface area contributed by atoms with Crippen molar-refractivity contribution in [1.82, 2.24) is 0 Å². The van der Waals surface area contributed by atoms with E-state index >= 15 is 0 Å². The van der Waals surface area contributed by atoms with Crippen molar-refractivity contribution in [3.05, 3.63) is 17.0 Å². The molecule has 1 aromatic heterocycles. The van der Waals surface area contributed by atoms with Crippen molar-refractivity contribution < 1.29 is 18.3 Å². The van der Waals surface area contributed by atoms with Gasteiger partial charge >= 0.3 is 5.97 Å². The van der Waals surface area contributed by atoms with Gasteiger partial charge in [-0.05, 0) is 37.8 Å². The Morgan fingerprint density at radius 2 is 2.06 bits per heavy atom. The van der Waals surface area contributed by atoms with Gasteiger partial charge < -0.3 is 5.11 Å². The molecule has 0 bridgehead atoms. The largest absolute Gasteiger partial charge is 0.481 e. The zero-order chi connectivity index (χ0) is 12.6. The quantitative estimate of drug-likeness (QED) is 0.900. The number of sulfone groups is 1. The molecule has 1 aromatic rings. The monoisotopic (exact) mass is 262 g/mol. The highest BCUT2D eigenvalue weighted by atomic mass is 32.2. The van der Waals surface area contributed by atoms with Crippen LogP contribution in [0.2, 0.25) is 0 Å². The van der Waals surface area contributed by atoms with Gasteiger partial charge in [0, 0.05) is 0 Å². The predicted octanol–water partition coefficient (Wildman–Crippen LogP) is 1.94. The summed E-state index contributed by atoms with van der Waals surface area (Å²) in [6.07, 6.45) is 0. The summed E-state index contributed by atoms with van der Waals surface area (Å²) in [6.45, 7) is 4.53. The van der Waals surface area contributed by atoms with Gasteiger partial charge in [-0.3, -0.25) is 4.79 Å². The number of aryl methyl sites for hydroxylation is 1. The minimum Gasteiger partial charge on any atom is -0.481 e. The first kappa shape index (κ1) is 13.2. The summed E-state index contributed by atoms with van der Waals surface area (Å²) in [4.78, 5) is 10.9. The van der Waals surface area contributed by atoms with E-state index < -0.39 is 21.2 Å². The van der Waals surface area contributed by atoms with Crippen LogP contribution in [0.4, 0.5) is 0 Å². The fourth-order valence-electron chi connectivity index (χ4n) is 1.28. The molecule has 90 valence electrons. The maximum Gasteiger partial charge on any atom is 0.310 e. The second-order valence-corrected chi connectivity index (χ2v) is 7.44. The van der Waals surface area contributed by atoms with Gasteiger partial charge in [-0.15, -0.1) is 11.3 Å². The Morgan fingerprint density at radius 1 is 1.50 bits per heavy atom. The molecule has 0 fully saturated rings. The second-order valence-electron chi connectivity index (χ2n) is 4.34. The van der Waals surface area contributed by atoms with Crippen LogP contribution >= 0.6 is 11.3 Å². The van der Waals surface area contributed by atoms with E-state index in [1.165, 1.54) is 13.8 Å². The number of hydrogen-bond donors (Lipinski definition) is 1. The highest BCUT2D eigenvalue weighted by molar-refractivity contribution is 7.93. The number of carboxylic acid groups (broad SMARTS) is 1. The van der Waals surface area contributed by atoms with Crippen molar-refractivity contribution in [3.63, 3.8) is 0 Å². The van der Waals surface area contributed by atoms with Gasteiger partial charge in [0.05, 0.1) is 11.2 Å². The molecule has 0 saturated heterocycles. The van der Waals surface area contributed by atoms with E-state index in [0.717, 1.165) is 11.3 Å². The number of thiophene rings is 1. The van der Waals surface area contributed by atoms with E-state index in [1.54, 1.807) is 18.4 Å². The van der Waals surface area contributed by atoms with Crippen LogP contribution in [0.3, 0.4) is 0 Å². The summed E-state index contributed by atoms with van der Waals surface area (Å²) in [5.41, 5.74) is -0.596. The molecule has 4 nitrogen and oxygen atoms in total. The minimum absolute atomic E-state index is 0.266. The Morgan fingerprint density at radius 3 is 2.44 bits per heavy atom. The summed E-state index contributed by atoms with van der Waals surface area (Å²) >= 11 is 1.13. The highest BCUT2D eigenvalue weighted by Gasteiger charge is 2.35. The molecule has 0 amide bonds. The molecule has 0 spiro atoms. The van der Waals surface area contributed by atoms with Crippen LogP contribution in [-0.4, -0.2) is 25.2 Å². The fraction of sp³-hybridized carbons (Fsp3) is 0.500. The summed E-state index contributed by atoms with van der Waals surface area (Å²) in [7, 11) is -3.51. The molecular formula is C10H14O4S2. The summed E-state index contributed by atoms with van der Waals surface area (Å²) < 4.78 is 24.2. The van der Waals surface area contributed by atoms with Crippen LogP contribution in [-0.2, 0) is 14.6 Å². The third-order valence-corrected chi connectivity index (χ3v) is 6.07. The van der Waals surface area contributed by atoms with Crippen LogP contribution < -0.4 is 0 Å². The van der Waals surface area contributed by atoms with Crippen LogP contribution in [0.15, 0.2) is 15.7 Å². The number of aliphatic carboxylic acids is 1. The van der Waals surface area contributed by atoms with Crippen LogP contribution in [0.5, 0.6) is 0 Å². The van der Waals surface area contributed by atoms with E-state index in [4.69, 9.17) is 5.11 Å². The Labute approximate surface area is 98.8 Å². The van der Waals surface area contributed by atoms with E-state index in [0.29, 0.717) is 5.56 Å². The van der Waals surface area contributed by atoms with Crippen molar-refractivity contribution in [1.29, 1.82) is 0 Å². The van der Waals surface area contributed by atoms with E-state index in [2.05, 4.69) is 0 Å². The molecule has 6 heteroatoms. The Kier molecular flexibility index (Phi) is 3.44. The molecule has 0 aliphatic heterocycles. The number of carboxylic acids is 1.